The van der Waals surface area contributed by atoms with E-state index < -0.39 is 0 Å². The van der Waals surface area contributed by atoms with Crippen molar-refractivity contribution in [1.29, 1.82) is 0 Å². The van der Waals surface area contributed by atoms with E-state index in [1.807, 2.05) is 0 Å². The van der Waals surface area contributed by atoms with Crippen LogP contribution >= 0.6 is 15.9 Å². The lowest BCUT2D eigenvalue weighted by atomic mass is 10.1. The smallest absolute Gasteiger partial charge is 0.251 e. The zero-order chi connectivity index (χ0) is 12.5. The Morgan fingerprint density at radius 3 is 2.35 bits per heavy atom. The number of carbonyl (C=O) groups is 1. The van der Waals surface area contributed by atoms with Crippen LogP contribution in [0.5, 0.6) is 11.5 Å². The minimum atomic E-state index is -0.275. The Balaban J connectivity index is 1.99. The van der Waals surface area contributed by atoms with E-state index in [9.17, 15) is 15.0 Å². The summed E-state index contributed by atoms with van der Waals surface area (Å²) < 4.78 is 0. The third-order valence-electron chi connectivity index (χ3n) is 3.03. The van der Waals surface area contributed by atoms with Gasteiger partial charge in [-0.05, 0) is 30.4 Å². The van der Waals surface area contributed by atoms with Crippen molar-refractivity contribution in [3.05, 3.63) is 23.8 Å². The SMILES string of the molecule is O=C(NCC1(CBr)CC1)c1cc(O)cc(O)c1. The Bertz CT molecular complexity index is 423. The lowest BCUT2D eigenvalue weighted by molar-refractivity contribution is 0.0946. The van der Waals surface area contributed by atoms with Crippen molar-refractivity contribution < 1.29 is 15.0 Å². The fourth-order valence-electron chi connectivity index (χ4n) is 1.63. The molecule has 0 atom stereocenters. The largest absolute Gasteiger partial charge is 0.508 e. The van der Waals surface area contributed by atoms with Crippen LogP contribution in [0, 0.1) is 5.41 Å². The van der Waals surface area contributed by atoms with Crippen LogP contribution in [0.15, 0.2) is 18.2 Å². The number of phenols is 2. The molecule has 4 nitrogen and oxygen atoms in total. The van der Waals surface area contributed by atoms with Crippen LogP contribution in [-0.4, -0.2) is 28.0 Å². The predicted molar refractivity (Wildman–Crippen MR) is 67.6 cm³/mol. The molecule has 1 saturated carbocycles. The van der Waals surface area contributed by atoms with Crippen LogP contribution in [0.3, 0.4) is 0 Å². The highest BCUT2D eigenvalue weighted by Crippen LogP contribution is 2.46. The third kappa shape index (κ3) is 2.91. The molecule has 1 aliphatic rings. The monoisotopic (exact) mass is 299 g/mol. The second kappa shape index (κ2) is 4.56. The van der Waals surface area contributed by atoms with E-state index in [0.29, 0.717) is 6.54 Å². The first kappa shape index (κ1) is 12.2. The first-order valence-electron chi connectivity index (χ1n) is 5.42. The molecular formula is C12H14BrNO3. The summed E-state index contributed by atoms with van der Waals surface area (Å²) in [6.07, 6.45) is 2.23. The number of halogens is 1. The van der Waals surface area contributed by atoms with Crippen molar-refractivity contribution >= 4 is 21.8 Å². The van der Waals surface area contributed by atoms with Gasteiger partial charge in [-0.25, -0.2) is 0 Å². The van der Waals surface area contributed by atoms with E-state index in [4.69, 9.17) is 0 Å². The standard InChI is InChI=1S/C12H14BrNO3/c13-6-12(1-2-12)7-14-11(17)8-3-9(15)5-10(16)4-8/h3-5,15-16H,1-2,6-7H2,(H,14,17). The number of alkyl halides is 1. The fourth-order valence-corrected chi connectivity index (χ4v) is 2.39. The van der Waals surface area contributed by atoms with Gasteiger partial charge in [0.1, 0.15) is 11.5 Å². The molecule has 0 radical (unpaired) electrons. The van der Waals surface area contributed by atoms with Gasteiger partial charge in [-0.3, -0.25) is 4.79 Å². The average molecular weight is 300 g/mol. The summed E-state index contributed by atoms with van der Waals surface area (Å²) in [5, 5.41) is 22.3. The molecule has 0 heterocycles. The molecule has 0 saturated heterocycles. The van der Waals surface area contributed by atoms with Crippen molar-refractivity contribution in [1.82, 2.24) is 5.32 Å². The van der Waals surface area contributed by atoms with Gasteiger partial charge in [0, 0.05) is 23.5 Å². The fraction of sp³-hybridized carbons (Fsp3) is 0.417. The molecule has 1 aromatic rings. The topological polar surface area (TPSA) is 69.6 Å². The Morgan fingerprint density at radius 1 is 1.29 bits per heavy atom. The zero-order valence-electron chi connectivity index (χ0n) is 9.24. The Hall–Kier alpha value is -1.23. The lowest BCUT2D eigenvalue weighted by Crippen LogP contribution is -2.30. The van der Waals surface area contributed by atoms with Crippen molar-refractivity contribution in [3.8, 4) is 11.5 Å². The first-order chi connectivity index (χ1) is 8.04. The molecule has 1 aliphatic carbocycles. The lowest BCUT2D eigenvalue weighted by Gasteiger charge is -2.12. The highest BCUT2D eigenvalue weighted by molar-refractivity contribution is 9.09. The van der Waals surface area contributed by atoms with Gasteiger partial charge in [0.05, 0.1) is 0 Å². The number of carbonyl (C=O) groups excluding carboxylic acids is 1. The second-order valence-corrected chi connectivity index (χ2v) is 5.12. The molecule has 0 aliphatic heterocycles. The van der Waals surface area contributed by atoms with E-state index in [0.717, 1.165) is 18.2 Å². The van der Waals surface area contributed by atoms with E-state index >= 15 is 0 Å². The number of amides is 1. The maximum atomic E-state index is 11.8. The molecule has 0 aromatic heterocycles. The minimum Gasteiger partial charge on any atom is -0.508 e. The molecular weight excluding hydrogens is 286 g/mol. The van der Waals surface area contributed by atoms with E-state index in [1.165, 1.54) is 18.2 Å². The minimum absolute atomic E-state index is 0.114. The molecule has 0 bridgehead atoms. The number of hydrogen-bond acceptors (Lipinski definition) is 3. The summed E-state index contributed by atoms with van der Waals surface area (Å²) in [5.41, 5.74) is 0.474. The number of phenolic OH excluding ortho intramolecular Hbond substituents is 2. The molecule has 2 rings (SSSR count). The summed E-state index contributed by atoms with van der Waals surface area (Å²) >= 11 is 3.43. The maximum absolute atomic E-state index is 11.8. The second-order valence-electron chi connectivity index (χ2n) is 4.55. The third-order valence-corrected chi connectivity index (χ3v) is 4.22. The van der Waals surface area contributed by atoms with Crippen LogP contribution in [0.4, 0.5) is 0 Å². The van der Waals surface area contributed by atoms with Crippen LogP contribution in [0.2, 0.25) is 0 Å². The van der Waals surface area contributed by atoms with Crippen molar-refractivity contribution in [2.75, 3.05) is 11.9 Å². The summed E-state index contributed by atoms with van der Waals surface area (Å²) in [6, 6.07) is 3.86. The molecule has 1 aromatic carbocycles. The number of rotatable bonds is 4. The van der Waals surface area contributed by atoms with Crippen LogP contribution < -0.4 is 5.32 Å². The predicted octanol–water partition coefficient (Wildman–Crippen LogP) is 2.00. The van der Waals surface area contributed by atoms with Gasteiger partial charge in [0.15, 0.2) is 0 Å². The average Bonchev–Trinajstić information content (AvgIpc) is 3.05. The van der Waals surface area contributed by atoms with Crippen molar-refractivity contribution in [2.24, 2.45) is 5.41 Å². The first-order valence-corrected chi connectivity index (χ1v) is 6.54. The maximum Gasteiger partial charge on any atom is 0.251 e. The normalized spacial score (nSPS) is 16.5. The number of nitrogens with one attached hydrogen (secondary N) is 1. The summed E-state index contributed by atoms with van der Waals surface area (Å²) in [7, 11) is 0. The highest BCUT2D eigenvalue weighted by Gasteiger charge is 2.41. The van der Waals surface area contributed by atoms with E-state index in [1.54, 1.807) is 0 Å². The summed E-state index contributed by atoms with van der Waals surface area (Å²) in [4.78, 5) is 11.8. The molecule has 0 spiro atoms. The van der Waals surface area contributed by atoms with Gasteiger partial charge in [-0.1, -0.05) is 15.9 Å². The van der Waals surface area contributed by atoms with Gasteiger partial charge < -0.3 is 15.5 Å². The number of aromatic hydroxyl groups is 2. The van der Waals surface area contributed by atoms with Crippen LogP contribution in [0.1, 0.15) is 23.2 Å². The van der Waals surface area contributed by atoms with Crippen LogP contribution in [0.25, 0.3) is 0 Å². The molecule has 17 heavy (non-hydrogen) atoms. The zero-order valence-corrected chi connectivity index (χ0v) is 10.8. The Labute approximate surface area is 108 Å². The molecule has 5 heteroatoms. The number of hydrogen-bond donors (Lipinski definition) is 3. The van der Waals surface area contributed by atoms with Crippen molar-refractivity contribution in [2.45, 2.75) is 12.8 Å². The van der Waals surface area contributed by atoms with E-state index in [-0.39, 0.29) is 28.4 Å². The highest BCUT2D eigenvalue weighted by atomic mass is 79.9. The molecule has 3 N–H and O–H groups in total. The Morgan fingerprint density at radius 2 is 1.88 bits per heavy atom. The molecule has 1 fully saturated rings. The summed E-state index contributed by atoms with van der Waals surface area (Å²) in [5.74, 6) is -0.503. The van der Waals surface area contributed by atoms with Crippen LogP contribution in [-0.2, 0) is 0 Å². The quantitative estimate of drug-likeness (QED) is 0.745. The Kier molecular flexibility index (Phi) is 3.28. The van der Waals surface area contributed by atoms with Gasteiger partial charge in [-0.2, -0.15) is 0 Å². The molecule has 1 amide bonds. The van der Waals surface area contributed by atoms with Gasteiger partial charge in [-0.15, -0.1) is 0 Å². The van der Waals surface area contributed by atoms with Gasteiger partial charge in [0.25, 0.3) is 5.91 Å². The molecule has 0 unspecified atom stereocenters. The number of benzene rings is 1. The van der Waals surface area contributed by atoms with Gasteiger partial charge in [0.2, 0.25) is 0 Å². The van der Waals surface area contributed by atoms with Gasteiger partial charge >= 0.3 is 0 Å². The molecule has 92 valence electrons. The van der Waals surface area contributed by atoms with E-state index in [2.05, 4.69) is 21.2 Å². The van der Waals surface area contributed by atoms with Crippen molar-refractivity contribution in [3.63, 3.8) is 0 Å². The summed E-state index contributed by atoms with van der Waals surface area (Å²) in [6.45, 7) is 0.619.